The number of nitrogens with zero attached hydrogens (tertiary/aromatic N) is 2. The summed E-state index contributed by atoms with van der Waals surface area (Å²) in [7, 11) is 0. The van der Waals surface area contributed by atoms with Crippen molar-refractivity contribution in [2.45, 2.75) is 19.8 Å². The SMILES string of the molecule is CCC1(C(=O)Nc2ncc(Br)nc2Br)CCNC1. The lowest BCUT2D eigenvalue weighted by Gasteiger charge is -2.24. The Morgan fingerprint density at radius 1 is 1.61 bits per heavy atom. The van der Waals surface area contributed by atoms with Crippen molar-refractivity contribution in [3.63, 3.8) is 0 Å². The molecule has 1 atom stereocenters. The molecule has 18 heavy (non-hydrogen) atoms. The van der Waals surface area contributed by atoms with Gasteiger partial charge in [0.15, 0.2) is 5.82 Å². The van der Waals surface area contributed by atoms with Gasteiger partial charge < -0.3 is 10.6 Å². The Hall–Kier alpha value is -0.530. The maximum absolute atomic E-state index is 12.4. The van der Waals surface area contributed by atoms with Crippen LogP contribution in [-0.2, 0) is 4.79 Å². The largest absolute Gasteiger partial charge is 0.316 e. The molecular weight excluding hydrogens is 364 g/mol. The topological polar surface area (TPSA) is 66.9 Å². The highest BCUT2D eigenvalue weighted by Crippen LogP contribution is 2.31. The molecule has 1 unspecified atom stereocenters. The molecule has 1 fully saturated rings. The van der Waals surface area contributed by atoms with Crippen LogP contribution in [0, 0.1) is 5.41 Å². The van der Waals surface area contributed by atoms with Crippen LogP contribution in [0.5, 0.6) is 0 Å². The number of hydrogen-bond donors (Lipinski definition) is 2. The second-order valence-corrected chi connectivity index (χ2v) is 5.91. The third-order valence-electron chi connectivity index (χ3n) is 3.33. The first-order valence-electron chi connectivity index (χ1n) is 5.77. The van der Waals surface area contributed by atoms with Gasteiger partial charge in [0.25, 0.3) is 0 Å². The standard InChI is InChI=1S/C11H14Br2N4O/c1-2-11(3-4-14-6-11)10(18)17-9-8(13)16-7(12)5-15-9/h5,14H,2-4,6H2,1H3,(H,15,17,18). The normalized spacial score (nSPS) is 23.1. The molecule has 1 aromatic heterocycles. The monoisotopic (exact) mass is 376 g/mol. The molecule has 1 aromatic rings. The Labute approximate surface area is 122 Å². The number of amides is 1. The van der Waals surface area contributed by atoms with Gasteiger partial charge in [-0.25, -0.2) is 9.97 Å². The minimum atomic E-state index is -0.325. The Bertz CT molecular complexity index is 460. The zero-order valence-corrected chi connectivity index (χ0v) is 13.1. The van der Waals surface area contributed by atoms with Crippen LogP contribution < -0.4 is 10.6 Å². The molecule has 1 saturated heterocycles. The fraction of sp³-hybridized carbons (Fsp3) is 0.545. The van der Waals surface area contributed by atoms with Crippen LogP contribution in [0.4, 0.5) is 5.82 Å². The van der Waals surface area contributed by atoms with Gasteiger partial charge in [-0.3, -0.25) is 4.79 Å². The van der Waals surface area contributed by atoms with Crippen LogP contribution in [-0.4, -0.2) is 29.0 Å². The lowest BCUT2D eigenvalue weighted by molar-refractivity contribution is -0.124. The predicted octanol–water partition coefficient (Wildman–Crippen LogP) is 2.33. The molecule has 1 aliphatic rings. The molecule has 0 saturated carbocycles. The van der Waals surface area contributed by atoms with E-state index in [-0.39, 0.29) is 11.3 Å². The van der Waals surface area contributed by atoms with E-state index in [4.69, 9.17) is 0 Å². The summed E-state index contributed by atoms with van der Waals surface area (Å²) in [6.07, 6.45) is 3.23. The van der Waals surface area contributed by atoms with Gasteiger partial charge in [-0.1, -0.05) is 6.92 Å². The number of aromatic nitrogens is 2. The van der Waals surface area contributed by atoms with Gasteiger partial charge in [-0.2, -0.15) is 0 Å². The number of hydrogen-bond acceptors (Lipinski definition) is 4. The van der Waals surface area contributed by atoms with Crippen LogP contribution in [0.2, 0.25) is 0 Å². The van der Waals surface area contributed by atoms with Crippen LogP contribution in [0.1, 0.15) is 19.8 Å². The van der Waals surface area contributed by atoms with Gasteiger partial charge in [0, 0.05) is 6.54 Å². The second-order valence-electron chi connectivity index (χ2n) is 4.35. The lowest BCUT2D eigenvalue weighted by Crippen LogP contribution is -2.37. The van der Waals surface area contributed by atoms with E-state index in [0.717, 1.165) is 25.9 Å². The summed E-state index contributed by atoms with van der Waals surface area (Å²) in [5, 5.41) is 6.09. The van der Waals surface area contributed by atoms with Gasteiger partial charge in [0.1, 0.15) is 9.21 Å². The van der Waals surface area contributed by atoms with Crippen LogP contribution in [0.3, 0.4) is 0 Å². The Morgan fingerprint density at radius 2 is 2.39 bits per heavy atom. The summed E-state index contributed by atoms with van der Waals surface area (Å²) < 4.78 is 1.16. The molecule has 5 nitrogen and oxygen atoms in total. The molecule has 7 heteroatoms. The number of halogens is 2. The van der Waals surface area contributed by atoms with Gasteiger partial charge >= 0.3 is 0 Å². The molecule has 0 aliphatic carbocycles. The predicted molar refractivity (Wildman–Crippen MR) is 76.3 cm³/mol. The molecule has 2 rings (SSSR count). The van der Waals surface area contributed by atoms with E-state index in [0.29, 0.717) is 15.0 Å². The second kappa shape index (κ2) is 5.63. The van der Waals surface area contributed by atoms with E-state index in [1.165, 1.54) is 0 Å². The minimum Gasteiger partial charge on any atom is -0.316 e. The van der Waals surface area contributed by atoms with E-state index in [2.05, 4.69) is 52.5 Å². The third kappa shape index (κ3) is 2.73. The Morgan fingerprint density at radius 3 is 2.94 bits per heavy atom. The maximum atomic E-state index is 12.4. The smallest absolute Gasteiger partial charge is 0.233 e. The van der Waals surface area contributed by atoms with Crippen LogP contribution >= 0.6 is 31.9 Å². The van der Waals surface area contributed by atoms with Crippen molar-refractivity contribution in [2.24, 2.45) is 5.41 Å². The zero-order valence-electron chi connectivity index (χ0n) is 9.96. The molecule has 0 radical (unpaired) electrons. The molecule has 2 heterocycles. The highest BCUT2D eigenvalue weighted by atomic mass is 79.9. The quantitative estimate of drug-likeness (QED) is 0.848. The number of anilines is 1. The van der Waals surface area contributed by atoms with Gasteiger partial charge in [0.2, 0.25) is 5.91 Å². The molecule has 1 aliphatic heterocycles. The van der Waals surface area contributed by atoms with Crippen molar-refractivity contribution in [3.05, 3.63) is 15.4 Å². The number of carbonyl (C=O) groups is 1. The average Bonchev–Trinajstić information content (AvgIpc) is 2.82. The van der Waals surface area contributed by atoms with E-state index in [9.17, 15) is 4.79 Å². The van der Waals surface area contributed by atoms with Gasteiger partial charge in [0.05, 0.1) is 11.6 Å². The summed E-state index contributed by atoms with van der Waals surface area (Å²) in [4.78, 5) is 20.6. The molecular formula is C11H14Br2N4O. The maximum Gasteiger partial charge on any atom is 0.233 e. The van der Waals surface area contributed by atoms with E-state index >= 15 is 0 Å². The summed E-state index contributed by atoms with van der Waals surface area (Å²) in [5.74, 6) is 0.468. The van der Waals surface area contributed by atoms with Crippen molar-refractivity contribution < 1.29 is 4.79 Å². The van der Waals surface area contributed by atoms with Crippen LogP contribution in [0.25, 0.3) is 0 Å². The first kappa shape index (κ1) is 13.9. The summed E-state index contributed by atoms with van der Waals surface area (Å²) in [6, 6.07) is 0. The van der Waals surface area contributed by atoms with Gasteiger partial charge in [-0.15, -0.1) is 0 Å². The fourth-order valence-corrected chi connectivity index (χ4v) is 2.98. The van der Waals surface area contributed by atoms with Gasteiger partial charge in [-0.05, 0) is 51.2 Å². The van der Waals surface area contributed by atoms with Crippen LogP contribution in [0.15, 0.2) is 15.4 Å². The highest BCUT2D eigenvalue weighted by Gasteiger charge is 2.39. The van der Waals surface area contributed by atoms with E-state index < -0.39 is 0 Å². The Balaban J connectivity index is 2.15. The molecule has 0 bridgehead atoms. The van der Waals surface area contributed by atoms with Crippen molar-refractivity contribution in [1.29, 1.82) is 0 Å². The summed E-state index contributed by atoms with van der Waals surface area (Å²) in [6.45, 7) is 3.64. The first-order valence-corrected chi connectivity index (χ1v) is 7.36. The molecule has 1 amide bonds. The fourth-order valence-electron chi connectivity index (χ4n) is 2.07. The molecule has 98 valence electrons. The lowest BCUT2D eigenvalue weighted by atomic mass is 9.83. The van der Waals surface area contributed by atoms with Crippen molar-refractivity contribution in [3.8, 4) is 0 Å². The molecule has 0 spiro atoms. The molecule has 0 aromatic carbocycles. The van der Waals surface area contributed by atoms with E-state index in [1.807, 2.05) is 6.92 Å². The average molecular weight is 378 g/mol. The number of rotatable bonds is 3. The summed E-state index contributed by atoms with van der Waals surface area (Å²) in [5.41, 5.74) is -0.325. The van der Waals surface area contributed by atoms with Crippen molar-refractivity contribution in [2.75, 3.05) is 18.4 Å². The van der Waals surface area contributed by atoms with Crippen molar-refractivity contribution >= 4 is 43.6 Å². The number of nitrogens with one attached hydrogen (secondary N) is 2. The van der Waals surface area contributed by atoms with E-state index in [1.54, 1.807) is 6.20 Å². The zero-order chi connectivity index (χ0) is 13.2. The van der Waals surface area contributed by atoms with Crippen molar-refractivity contribution in [1.82, 2.24) is 15.3 Å². The third-order valence-corrected chi connectivity index (χ3v) is 4.27. The first-order chi connectivity index (χ1) is 8.57. The summed E-state index contributed by atoms with van der Waals surface area (Å²) >= 11 is 6.52. The highest BCUT2D eigenvalue weighted by molar-refractivity contribution is 9.11. The Kier molecular flexibility index (Phi) is 4.34. The molecule has 2 N–H and O–H groups in total. The number of carbonyl (C=O) groups excluding carboxylic acids is 1. The minimum absolute atomic E-state index is 0.00678.